The van der Waals surface area contributed by atoms with E-state index in [0.717, 1.165) is 5.56 Å². The molecule has 0 saturated heterocycles. The fraction of sp³-hybridized carbons (Fsp3) is 0.688. The highest BCUT2D eigenvalue weighted by Gasteiger charge is 2.22. The second-order valence-electron chi connectivity index (χ2n) is 12.3. The van der Waals surface area contributed by atoms with Gasteiger partial charge in [-0.2, -0.15) is 0 Å². The number of carboxylic acids is 1. The quantitative estimate of drug-likeness (QED) is 0.177. The minimum absolute atomic E-state index is 0.0136. The van der Waals surface area contributed by atoms with Crippen molar-refractivity contribution < 1.29 is 43.2 Å². The van der Waals surface area contributed by atoms with Gasteiger partial charge >= 0.3 is 5.97 Å². The van der Waals surface area contributed by atoms with Gasteiger partial charge in [0.2, 0.25) is 0 Å². The van der Waals surface area contributed by atoms with Crippen LogP contribution in [0.3, 0.4) is 0 Å². The molecule has 0 bridgehead atoms. The summed E-state index contributed by atoms with van der Waals surface area (Å²) >= 11 is 0. The van der Waals surface area contributed by atoms with Crippen LogP contribution in [0.1, 0.15) is 76.7 Å². The van der Waals surface area contributed by atoms with Crippen molar-refractivity contribution in [1.29, 1.82) is 0 Å². The van der Waals surface area contributed by atoms with Crippen LogP contribution in [0.25, 0.3) is 0 Å². The fourth-order valence-corrected chi connectivity index (χ4v) is 3.65. The van der Waals surface area contributed by atoms with E-state index in [4.69, 9.17) is 24.1 Å². The zero-order chi connectivity index (χ0) is 32.3. The lowest BCUT2D eigenvalue weighted by Crippen LogP contribution is -2.42. The predicted octanol–water partition coefficient (Wildman–Crippen LogP) is 3.52. The maximum absolute atomic E-state index is 12.4. The van der Waals surface area contributed by atoms with E-state index in [2.05, 4.69) is 10.2 Å². The summed E-state index contributed by atoms with van der Waals surface area (Å²) in [6, 6.07) is 7.28. The molecular formula is C32H52N2O9. The number of aliphatic carboxylic acids is 1. The SMILES string of the molecule is CC(C)(C)C(=O)COCCOCCCC(=O)COCCOCCNC(=O)c1ccc(CN(CCC(=O)O)C(C)(C)C)cc1. The minimum Gasteiger partial charge on any atom is -0.481 e. The Bertz CT molecular complexity index is 982. The predicted molar refractivity (Wildman–Crippen MR) is 163 cm³/mol. The van der Waals surface area contributed by atoms with Crippen molar-refractivity contribution in [3.63, 3.8) is 0 Å². The Kier molecular flexibility index (Phi) is 18.1. The van der Waals surface area contributed by atoms with Gasteiger partial charge in [0.1, 0.15) is 13.2 Å². The Labute approximate surface area is 256 Å². The van der Waals surface area contributed by atoms with Crippen molar-refractivity contribution >= 4 is 23.4 Å². The maximum Gasteiger partial charge on any atom is 0.304 e. The number of ether oxygens (including phenoxy) is 4. The first-order chi connectivity index (χ1) is 20.2. The van der Waals surface area contributed by atoms with Crippen LogP contribution in [0, 0.1) is 5.41 Å². The number of carbonyl (C=O) groups is 4. The third kappa shape index (κ3) is 18.5. The Morgan fingerprint density at radius 3 is 1.93 bits per heavy atom. The van der Waals surface area contributed by atoms with E-state index in [1.54, 1.807) is 12.1 Å². The van der Waals surface area contributed by atoms with Gasteiger partial charge in [-0.1, -0.05) is 32.9 Å². The van der Waals surface area contributed by atoms with Crippen molar-refractivity contribution in [2.75, 3.05) is 65.9 Å². The first-order valence-corrected chi connectivity index (χ1v) is 14.9. The summed E-state index contributed by atoms with van der Waals surface area (Å²) in [5.74, 6) is -0.998. The van der Waals surface area contributed by atoms with Crippen LogP contribution in [0.15, 0.2) is 24.3 Å². The van der Waals surface area contributed by atoms with E-state index in [1.807, 2.05) is 53.7 Å². The molecule has 0 fully saturated rings. The lowest BCUT2D eigenvalue weighted by molar-refractivity contribution is -0.137. The van der Waals surface area contributed by atoms with Gasteiger partial charge in [0.05, 0.1) is 39.5 Å². The Hall–Kier alpha value is -2.70. The van der Waals surface area contributed by atoms with Crippen LogP contribution in [0.2, 0.25) is 0 Å². The van der Waals surface area contributed by atoms with Crippen LogP contribution in [0.5, 0.6) is 0 Å². The lowest BCUT2D eigenvalue weighted by atomic mass is 9.91. The summed E-state index contributed by atoms with van der Waals surface area (Å²) in [5.41, 5.74) is 0.936. The molecule has 1 amide bonds. The molecule has 1 aromatic carbocycles. The molecule has 0 saturated carbocycles. The molecule has 0 aliphatic rings. The molecule has 0 unspecified atom stereocenters. The van der Waals surface area contributed by atoms with Crippen LogP contribution >= 0.6 is 0 Å². The smallest absolute Gasteiger partial charge is 0.304 e. The van der Waals surface area contributed by atoms with Crippen molar-refractivity contribution in [2.45, 2.75) is 72.9 Å². The molecule has 2 N–H and O–H groups in total. The number of ketones is 2. The number of amides is 1. The van der Waals surface area contributed by atoms with Gasteiger partial charge in [-0.25, -0.2) is 0 Å². The molecule has 11 nitrogen and oxygen atoms in total. The molecule has 0 aromatic heterocycles. The van der Waals surface area contributed by atoms with E-state index < -0.39 is 11.4 Å². The summed E-state index contributed by atoms with van der Waals surface area (Å²) in [5, 5.41) is 11.8. The van der Waals surface area contributed by atoms with E-state index in [-0.39, 0.29) is 49.3 Å². The van der Waals surface area contributed by atoms with E-state index >= 15 is 0 Å². The monoisotopic (exact) mass is 608 g/mol. The van der Waals surface area contributed by atoms with Gasteiger partial charge in [0.15, 0.2) is 11.6 Å². The molecule has 0 heterocycles. The number of nitrogens with one attached hydrogen (secondary N) is 1. The largest absolute Gasteiger partial charge is 0.481 e. The zero-order valence-corrected chi connectivity index (χ0v) is 26.9. The van der Waals surface area contributed by atoms with Crippen LogP contribution in [-0.2, 0) is 39.9 Å². The van der Waals surface area contributed by atoms with Gasteiger partial charge in [0.25, 0.3) is 5.91 Å². The molecule has 0 aliphatic carbocycles. The highest BCUT2D eigenvalue weighted by Crippen LogP contribution is 2.18. The number of hydrogen-bond acceptors (Lipinski definition) is 9. The highest BCUT2D eigenvalue weighted by atomic mass is 16.5. The lowest BCUT2D eigenvalue weighted by Gasteiger charge is -2.35. The number of hydrogen-bond donors (Lipinski definition) is 2. The minimum atomic E-state index is -0.826. The number of carbonyl (C=O) groups excluding carboxylic acids is 3. The average molecular weight is 609 g/mol. The summed E-state index contributed by atoms with van der Waals surface area (Å²) in [6.07, 6.45) is 1.02. The van der Waals surface area contributed by atoms with Crippen LogP contribution in [0.4, 0.5) is 0 Å². The van der Waals surface area contributed by atoms with Crippen LogP contribution < -0.4 is 5.32 Å². The summed E-state index contributed by atoms with van der Waals surface area (Å²) in [6.45, 7) is 15.2. The van der Waals surface area contributed by atoms with Crippen molar-refractivity contribution in [1.82, 2.24) is 10.2 Å². The second-order valence-corrected chi connectivity index (χ2v) is 12.3. The topological polar surface area (TPSA) is 141 Å². The van der Waals surface area contributed by atoms with Crippen molar-refractivity contribution in [2.24, 2.45) is 5.41 Å². The standard InChI is InChI=1S/C32H52N2O9/c1-31(2,3)28(36)24-43-21-18-40-16-7-8-27(35)23-42-20-19-41-17-14-33-30(39)26-11-9-25(10-12-26)22-34(32(4,5)6)15-13-29(37)38/h9-12H,7-8,13-24H2,1-6H3,(H,33,39)(H,37,38). The van der Waals surface area contributed by atoms with Gasteiger partial charge in [-0.05, 0) is 44.9 Å². The average Bonchev–Trinajstić information content (AvgIpc) is 2.92. The Morgan fingerprint density at radius 1 is 0.767 bits per heavy atom. The number of rotatable bonds is 23. The first-order valence-electron chi connectivity index (χ1n) is 14.9. The van der Waals surface area contributed by atoms with E-state index in [0.29, 0.717) is 71.1 Å². The number of Topliss-reactive ketones (excluding diaryl/α,β-unsaturated/α-hetero) is 2. The van der Waals surface area contributed by atoms with Crippen molar-refractivity contribution in [3.8, 4) is 0 Å². The van der Waals surface area contributed by atoms with Gasteiger partial charge in [-0.3, -0.25) is 24.1 Å². The Morgan fingerprint density at radius 2 is 1.35 bits per heavy atom. The molecule has 0 radical (unpaired) electrons. The maximum atomic E-state index is 12.4. The molecule has 43 heavy (non-hydrogen) atoms. The molecule has 0 atom stereocenters. The molecule has 244 valence electrons. The summed E-state index contributed by atoms with van der Waals surface area (Å²) in [4.78, 5) is 49.2. The van der Waals surface area contributed by atoms with Gasteiger partial charge in [0, 0.05) is 49.2 Å². The summed E-state index contributed by atoms with van der Waals surface area (Å²) < 4.78 is 21.5. The molecule has 1 aromatic rings. The zero-order valence-electron chi connectivity index (χ0n) is 26.9. The molecule has 0 spiro atoms. The van der Waals surface area contributed by atoms with Gasteiger partial charge < -0.3 is 29.4 Å². The molecular weight excluding hydrogens is 556 g/mol. The second kappa shape index (κ2) is 20.3. The number of nitrogens with zero attached hydrogens (tertiary/aromatic N) is 1. The summed E-state index contributed by atoms with van der Waals surface area (Å²) in [7, 11) is 0. The highest BCUT2D eigenvalue weighted by molar-refractivity contribution is 5.94. The normalized spacial score (nSPS) is 12.0. The van der Waals surface area contributed by atoms with Gasteiger partial charge in [-0.15, -0.1) is 0 Å². The fourth-order valence-electron chi connectivity index (χ4n) is 3.65. The molecule has 1 rings (SSSR count). The third-order valence-corrected chi connectivity index (χ3v) is 6.49. The number of benzene rings is 1. The van der Waals surface area contributed by atoms with E-state index in [9.17, 15) is 19.2 Å². The first kappa shape index (κ1) is 38.3. The van der Waals surface area contributed by atoms with Crippen molar-refractivity contribution in [3.05, 3.63) is 35.4 Å². The molecule has 0 aliphatic heterocycles. The van der Waals surface area contributed by atoms with E-state index in [1.165, 1.54) is 0 Å². The van der Waals surface area contributed by atoms with Crippen LogP contribution in [-0.4, -0.2) is 105 Å². The Balaban J connectivity index is 2.09. The third-order valence-electron chi connectivity index (χ3n) is 6.49. The molecule has 11 heteroatoms. The number of carboxylic acid groups (broad SMARTS) is 1.